The van der Waals surface area contributed by atoms with E-state index in [1.54, 1.807) is 0 Å². The number of aromatic nitrogens is 1. The normalized spacial score (nSPS) is 16.2. The molecular weight excluding hydrogens is 294 g/mol. The molecule has 0 spiro atoms. The van der Waals surface area contributed by atoms with Crippen LogP contribution in [0.25, 0.3) is 5.69 Å². The molecule has 0 bridgehead atoms. The molecule has 114 valence electrons. The molecule has 1 aromatic heterocycles. The number of hydrogen-bond donors (Lipinski definition) is 1. The van der Waals surface area contributed by atoms with Crippen molar-refractivity contribution in [3.8, 4) is 5.69 Å². The van der Waals surface area contributed by atoms with Gasteiger partial charge in [0.05, 0.1) is 0 Å². The Morgan fingerprint density at radius 3 is 2.41 bits per heavy atom. The summed E-state index contributed by atoms with van der Waals surface area (Å²) in [5, 5.41) is 4.19. The summed E-state index contributed by atoms with van der Waals surface area (Å²) in [6, 6.07) is 11.8. The van der Waals surface area contributed by atoms with Gasteiger partial charge in [-0.3, -0.25) is 4.79 Å². The molecule has 2 aromatic rings. The Morgan fingerprint density at radius 2 is 1.82 bits per heavy atom. The summed E-state index contributed by atoms with van der Waals surface area (Å²) >= 11 is 1.85. The van der Waals surface area contributed by atoms with E-state index in [1.165, 1.54) is 11.4 Å². The molecule has 4 nitrogen and oxygen atoms in total. The number of hydrazone groups is 1. The fraction of sp³-hybridized carbons (Fsp3) is 0.294. The molecule has 2 heterocycles. The Labute approximate surface area is 134 Å². The minimum atomic E-state index is -0.156. The number of aryl methyl sites for hydroxylation is 2. The monoisotopic (exact) mass is 313 g/mol. The van der Waals surface area contributed by atoms with Gasteiger partial charge in [-0.1, -0.05) is 0 Å². The molecule has 1 aliphatic rings. The Bertz CT molecular complexity index is 689. The van der Waals surface area contributed by atoms with E-state index in [1.807, 2.05) is 36.0 Å². The van der Waals surface area contributed by atoms with E-state index in [2.05, 4.69) is 41.1 Å². The lowest BCUT2D eigenvalue weighted by Gasteiger charge is -2.10. The summed E-state index contributed by atoms with van der Waals surface area (Å²) < 4.78 is 2.16. The largest absolute Gasteiger partial charge is 0.319 e. The summed E-state index contributed by atoms with van der Waals surface area (Å²) in [7, 11) is 0. The summed E-state index contributed by atoms with van der Waals surface area (Å²) in [5.41, 5.74) is 7.76. The third-order valence-electron chi connectivity index (χ3n) is 3.78. The van der Waals surface area contributed by atoms with Crippen molar-refractivity contribution < 1.29 is 4.79 Å². The lowest BCUT2D eigenvalue weighted by atomic mass is 10.2. The zero-order valence-corrected chi connectivity index (χ0v) is 13.6. The number of nitrogens with one attached hydrogen (secondary N) is 1. The average molecular weight is 313 g/mol. The minimum Gasteiger partial charge on any atom is -0.319 e. The van der Waals surface area contributed by atoms with Gasteiger partial charge in [-0.15, -0.1) is 0 Å². The number of benzene rings is 1. The van der Waals surface area contributed by atoms with Gasteiger partial charge in [-0.05, 0) is 62.4 Å². The van der Waals surface area contributed by atoms with Crippen LogP contribution in [0.5, 0.6) is 0 Å². The molecule has 5 heteroatoms. The van der Waals surface area contributed by atoms with E-state index in [0.29, 0.717) is 5.56 Å². The third kappa shape index (κ3) is 3.09. The highest BCUT2D eigenvalue weighted by atomic mass is 32.2. The van der Waals surface area contributed by atoms with E-state index in [9.17, 15) is 4.79 Å². The standard InChI is InChI=1S/C17H19N3OS/c1-12-3-4-13(2)20(12)16-7-5-14(6-8-16)17(21)19-18-15-9-10-22-11-15/h3-8H,9-11H2,1-2H3,(H,19,21). The highest BCUT2D eigenvalue weighted by molar-refractivity contribution is 8.00. The number of thioether (sulfide) groups is 1. The molecule has 1 aromatic carbocycles. The van der Waals surface area contributed by atoms with Gasteiger partial charge in [0, 0.05) is 34.1 Å². The Morgan fingerprint density at radius 1 is 1.14 bits per heavy atom. The zero-order chi connectivity index (χ0) is 15.5. The molecule has 1 N–H and O–H groups in total. The maximum Gasteiger partial charge on any atom is 0.271 e. The van der Waals surface area contributed by atoms with E-state index in [0.717, 1.165) is 29.3 Å². The molecule has 0 aliphatic carbocycles. The summed E-state index contributed by atoms with van der Waals surface area (Å²) in [4.78, 5) is 12.1. The number of rotatable bonds is 3. The van der Waals surface area contributed by atoms with Crippen molar-refractivity contribution in [2.45, 2.75) is 20.3 Å². The van der Waals surface area contributed by atoms with Crippen LogP contribution in [0.3, 0.4) is 0 Å². The first-order chi connectivity index (χ1) is 10.6. The van der Waals surface area contributed by atoms with Gasteiger partial charge < -0.3 is 4.57 Å². The van der Waals surface area contributed by atoms with Crippen LogP contribution in [0.15, 0.2) is 41.5 Å². The van der Waals surface area contributed by atoms with Crippen molar-refractivity contribution in [2.75, 3.05) is 11.5 Å². The van der Waals surface area contributed by atoms with Crippen molar-refractivity contribution in [1.29, 1.82) is 0 Å². The van der Waals surface area contributed by atoms with Crippen LogP contribution in [-0.4, -0.2) is 27.7 Å². The Kier molecular flexibility index (Phi) is 4.34. The molecule has 1 saturated heterocycles. The molecule has 0 unspecified atom stereocenters. The van der Waals surface area contributed by atoms with E-state index >= 15 is 0 Å². The smallest absolute Gasteiger partial charge is 0.271 e. The number of amides is 1. The topological polar surface area (TPSA) is 46.4 Å². The first kappa shape index (κ1) is 14.9. The molecule has 0 atom stereocenters. The molecular formula is C17H19N3OS. The van der Waals surface area contributed by atoms with Crippen LogP contribution in [0.1, 0.15) is 28.2 Å². The van der Waals surface area contributed by atoms with Gasteiger partial charge in [-0.2, -0.15) is 16.9 Å². The summed E-state index contributed by atoms with van der Waals surface area (Å²) in [5.74, 6) is 1.86. The third-order valence-corrected chi connectivity index (χ3v) is 4.81. The fourth-order valence-corrected chi connectivity index (χ4v) is 3.54. The van der Waals surface area contributed by atoms with Gasteiger partial charge in [0.1, 0.15) is 0 Å². The predicted molar refractivity (Wildman–Crippen MR) is 92.1 cm³/mol. The summed E-state index contributed by atoms with van der Waals surface area (Å²) in [6.07, 6.45) is 0.968. The van der Waals surface area contributed by atoms with Crippen molar-refractivity contribution in [3.05, 3.63) is 53.3 Å². The molecule has 0 saturated carbocycles. The maximum absolute atomic E-state index is 12.1. The van der Waals surface area contributed by atoms with Crippen molar-refractivity contribution in [2.24, 2.45) is 5.10 Å². The van der Waals surface area contributed by atoms with Crippen LogP contribution < -0.4 is 5.43 Å². The molecule has 3 rings (SSSR count). The van der Waals surface area contributed by atoms with Crippen LogP contribution in [0, 0.1) is 13.8 Å². The second kappa shape index (κ2) is 6.40. The number of carbonyl (C=O) groups excluding carboxylic acids is 1. The molecule has 0 radical (unpaired) electrons. The lowest BCUT2D eigenvalue weighted by Crippen LogP contribution is -2.19. The van der Waals surface area contributed by atoms with Gasteiger partial charge in [0.25, 0.3) is 5.91 Å². The first-order valence-electron chi connectivity index (χ1n) is 7.34. The lowest BCUT2D eigenvalue weighted by molar-refractivity contribution is 0.0955. The maximum atomic E-state index is 12.1. The highest BCUT2D eigenvalue weighted by Crippen LogP contribution is 2.17. The molecule has 1 aliphatic heterocycles. The first-order valence-corrected chi connectivity index (χ1v) is 8.49. The highest BCUT2D eigenvalue weighted by Gasteiger charge is 2.10. The zero-order valence-electron chi connectivity index (χ0n) is 12.8. The van der Waals surface area contributed by atoms with Crippen LogP contribution in [0.2, 0.25) is 0 Å². The Balaban J connectivity index is 1.74. The minimum absolute atomic E-state index is 0.156. The number of nitrogens with zero attached hydrogens (tertiary/aromatic N) is 2. The fourth-order valence-electron chi connectivity index (χ4n) is 2.57. The van der Waals surface area contributed by atoms with Gasteiger partial charge in [0.2, 0.25) is 0 Å². The van der Waals surface area contributed by atoms with Gasteiger partial charge >= 0.3 is 0 Å². The molecule has 22 heavy (non-hydrogen) atoms. The number of hydrogen-bond acceptors (Lipinski definition) is 3. The van der Waals surface area contributed by atoms with E-state index in [-0.39, 0.29) is 5.91 Å². The van der Waals surface area contributed by atoms with E-state index < -0.39 is 0 Å². The predicted octanol–water partition coefficient (Wildman–Crippen LogP) is 3.32. The van der Waals surface area contributed by atoms with E-state index in [4.69, 9.17) is 0 Å². The molecule has 1 fully saturated rings. The quantitative estimate of drug-likeness (QED) is 0.884. The SMILES string of the molecule is Cc1ccc(C)n1-c1ccc(C(=O)NN=C2CCSC2)cc1. The second-order valence-electron chi connectivity index (χ2n) is 5.42. The van der Waals surface area contributed by atoms with Crippen molar-refractivity contribution in [1.82, 2.24) is 9.99 Å². The van der Waals surface area contributed by atoms with Crippen LogP contribution >= 0.6 is 11.8 Å². The van der Waals surface area contributed by atoms with Gasteiger partial charge in [0.15, 0.2) is 0 Å². The van der Waals surface area contributed by atoms with Crippen LogP contribution in [-0.2, 0) is 0 Å². The Hall–Kier alpha value is -2.01. The van der Waals surface area contributed by atoms with Crippen LogP contribution in [0.4, 0.5) is 0 Å². The molecule has 1 amide bonds. The average Bonchev–Trinajstić information content (AvgIpc) is 3.15. The number of carbonyl (C=O) groups is 1. The van der Waals surface area contributed by atoms with Crippen molar-refractivity contribution >= 4 is 23.4 Å². The second-order valence-corrected chi connectivity index (χ2v) is 6.53. The summed E-state index contributed by atoms with van der Waals surface area (Å²) in [6.45, 7) is 4.15. The van der Waals surface area contributed by atoms with Crippen molar-refractivity contribution in [3.63, 3.8) is 0 Å². The van der Waals surface area contributed by atoms with Gasteiger partial charge in [-0.25, -0.2) is 5.43 Å².